The Labute approximate surface area is 126 Å². The number of aromatic hydroxyl groups is 1. The Balaban J connectivity index is 2.22. The van der Waals surface area contributed by atoms with E-state index in [1.165, 1.54) is 6.07 Å². The minimum absolute atomic E-state index is 0.163. The highest BCUT2D eigenvalue weighted by Gasteiger charge is 2.15. The Morgan fingerprint density at radius 2 is 2.09 bits per heavy atom. The number of rotatable bonds is 4. The molecule has 116 valence electrons. The third-order valence-corrected chi connectivity index (χ3v) is 3.21. The summed E-state index contributed by atoms with van der Waals surface area (Å²) < 4.78 is 0.163. The predicted octanol–water partition coefficient (Wildman–Crippen LogP) is 1.62. The molecular weight excluding hydrogens is 286 g/mol. The van der Waals surface area contributed by atoms with E-state index in [1.807, 2.05) is 18.2 Å². The van der Waals surface area contributed by atoms with Crippen LogP contribution in [-0.4, -0.2) is 20.8 Å². The standard InChI is InChI=1S/C15H17N3O4/c1-9-7-13(19)18(21)15(20)14(9)10(2)17-22-8-11-5-3-4-6-12(11)16/h3-7,20-21H,8,16H2,1-2H3. The molecule has 0 spiro atoms. The zero-order valence-electron chi connectivity index (χ0n) is 12.3. The van der Waals surface area contributed by atoms with Gasteiger partial charge in [0.25, 0.3) is 5.56 Å². The number of nitrogens with zero attached hydrogens (tertiary/aromatic N) is 2. The van der Waals surface area contributed by atoms with Crippen molar-refractivity contribution in [3.05, 3.63) is 57.4 Å². The molecule has 0 aliphatic heterocycles. The van der Waals surface area contributed by atoms with Crippen LogP contribution in [0.25, 0.3) is 0 Å². The monoisotopic (exact) mass is 303 g/mol. The van der Waals surface area contributed by atoms with Crippen molar-refractivity contribution in [2.24, 2.45) is 5.16 Å². The van der Waals surface area contributed by atoms with E-state index in [0.717, 1.165) is 5.56 Å². The summed E-state index contributed by atoms with van der Waals surface area (Å²) in [4.78, 5) is 16.6. The number of hydrogen-bond acceptors (Lipinski definition) is 6. The molecule has 0 saturated heterocycles. The molecule has 0 unspecified atom stereocenters. The van der Waals surface area contributed by atoms with Crippen molar-refractivity contribution in [2.45, 2.75) is 20.5 Å². The van der Waals surface area contributed by atoms with Crippen molar-refractivity contribution in [1.82, 2.24) is 4.73 Å². The van der Waals surface area contributed by atoms with Crippen LogP contribution >= 0.6 is 0 Å². The van der Waals surface area contributed by atoms with Gasteiger partial charge in [0.2, 0.25) is 5.88 Å². The molecule has 1 aromatic carbocycles. The van der Waals surface area contributed by atoms with Gasteiger partial charge in [-0.15, -0.1) is 4.73 Å². The van der Waals surface area contributed by atoms with Crippen molar-refractivity contribution in [2.75, 3.05) is 5.73 Å². The fourth-order valence-electron chi connectivity index (χ4n) is 2.06. The second kappa shape index (κ2) is 6.21. The highest BCUT2D eigenvalue weighted by Crippen LogP contribution is 2.19. The number of hydrogen-bond donors (Lipinski definition) is 3. The lowest BCUT2D eigenvalue weighted by Gasteiger charge is -2.10. The number of nitrogens with two attached hydrogens (primary N) is 1. The number of aryl methyl sites for hydroxylation is 1. The van der Waals surface area contributed by atoms with Crippen LogP contribution in [0.15, 0.2) is 40.3 Å². The first kappa shape index (κ1) is 15.4. The number of anilines is 1. The Morgan fingerprint density at radius 1 is 1.41 bits per heavy atom. The topological polar surface area (TPSA) is 110 Å². The molecular formula is C15H17N3O4. The van der Waals surface area contributed by atoms with Gasteiger partial charge in [0.1, 0.15) is 6.61 Å². The van der Waals surface area contributed by atoms with E-state index in [9.17, 15) is 15.1 Å². The van der Waals surface area contributed by atoms with Crippen molar-refractivity contribution in [3.63, 3.8) is 0 Å². The van der Waals surface area contributed by atoms with E-state index in [2.05, 4.69) is 5.16 Å². The number of pyridine rings is 1. The maximum atomic E-state index is 11.3. The van der Waals surface area contributed by atoms with E-state index in [0.29, 0.717) is 17.0 Å². The van der Waals surface area contributed by atoms with Gasteiger partial charge >= 0.3 is 0 Å². The summed E-state index contributed by atoms with van der Waals surface area (Å²) in [6.07, 6.45) is 0. The first-order valence-electron chi connectivity index (χ1n) is 6.57. The third-order valence-electron chi connectivity index (χ3n) is 3.21. The van der Waals surface area contributed by atoms with Crippen LogP contribution < -0.4 is 11.3 Å². The molecule has 0 saturated carbocycles. The molecule has 1 aromatic heterocycles. The van der Waals surface area contributed by atoms with Crippen LogP contribution in [-0.2, 0) is 11.4 Å². The number of benzene rings is 1. The predicted molar refractivity (Wildman–Crippen MR) is 82.1 cm³/mol. The van der Waals surface area contributed by atoms with Gasteiger partial charge in [0.05, 0.1) is 11.3 Å². The Bertz CT molecular complexity index is 781. The molecule has 0 fully saturated rings. The molecule has 2 aromatic rings. The molecule has 0 bridgehead atoms. The second-order valence-corrected chi connectivity index (χ2v) is 4.82. The van der Waals surface area contributed by atoms with Gasteiger partial charge in [-0.25, -0.2) is 0 Å². The summed E-state index contributed by atoms with van der Waals surface area (Å²) in [5.41, 5.74) is 7.50. The SMILES string of the molecule is CC(=NOCc1ccccc1N)c1c(C)cc(=O)n(O)c1O. The first-order chi connectivity index (χ1) is 10.4. The highest BCUT2D eigenvalue weighted by molar-refractivity contribution is 6.01. The van der Waals surface area contributed by atoms with Gasteiger partial charge in [-0.1, -0.05) is 23.4 Å². The van der Waals surface area contributed by atoms with E-state index >= 15 is 0 Å². The van der Waals surface area contributed by atoms with E-state index in [1.54, 1.807) is 19.9 Å². The molecule has 0 atom stereocenters. The number of nitrogen functional groups attached to an aromatic ring is 1. The quantitative estimate of drug-likeness (QED) is 0.344. The van der Waals surface area contributed by atoms with Crippen molar-refractivity contribution in [1.29, 1.82) is 0 Å². The molecule has 7 heteroatoms. The van der Waals surface area contributed by atoms with Crippen molar-refractivity contribution < 1.29 is 15.2 Å². The van der Waals surface area contributed by atoms with Gasteiger partial charge in [0, 0.05) is 17.3 Å². The number of aromatic nitrogens is 1. The molecule has 7 nitrogen and oxygen atoms in total. The van der Waals surface area contributed by atoms with Crippen molar-refractivity contribution >= 4 is 11.4 Å². The van der Waals surface area contributed by atoms with Crippen LogP contribution in [0.2, 0.25) is 0 Å². The zero-order chi connectivity index (χ0) is 16.3. The fourth-order valence-corrected chi connectivity index (χ4v) is 2.06. The molecule has 4 N–H and O–H groups in total. The summed E-state index contributed by atoms with van der Waals surface area (Å²) in [6.45, 7) is 3.40. The Morgan fingerprint density at radius 3 is 2.77 bits per heavy atom. The summed E-state index contributed by atoms with van der Waals surface area (Å²) in [5, 5.41) is 23.2. The lowest BCUT2D eigenvalue weighted by molar-refractivity contribution is 0.130. The van der Waals surface area contributed by atoms with Crippen LogP contribution in [0, 0.1) is 6.92 Å². The van der Waals surface area contributed by atoms with Crippen LogP contribution in [0.5, 0.6) is 5.88 Å². The summed E-state index contributed by atoms with van der Waals surface area (Å²) in [6, 6.07) is 8.43. The Kier molecular flexibility index (Phi) is 4.36. The maximum absolute atomic E-state index is 11.3. The minimum Gasteiger partial charge on any atom is -0.492 e. The highest BCUT2D eigenvalue weighted by atomic mass is 16.6. The van der Waals surface area contributed by atoms with Crippen LogP contribution in [0.1, 0.15) is 23.6 Å². The van der Waals surface area contributed by atoms with Crippen molar-refractivity contribution in [3.8, 4) is 5.88 Å². The molecule has 0 aliphatic carbocycles. The first-order valence-corrected chi connectivity index (χ1v) is 6.57. The average molecular weight is 303 g/mol. The summed E-state index contributed by atoms with van der Waals surface area (Å²) in [7, 11) is 0. The van der Waals surface area contributed by atoms with Gasteiger partial charge in [-0.2, -0.15) is 0 Å². The maximum Gasteiger partial charge on any atom is 0.286 e. The van der Waals surface area contributed by atoms with Gasteiger partial charge < -0.3 is 20.9 Å². The second-order valence-electron chi connectivity index (χ2n) is 4.82. The van der Waals surface area contributed by atoms with Gasteiger partial charge in [-0.05, 0) is 25.5 Å². The molecule has 22 heavy (non-hydrogen) atoms. The minimum atomic E-state index is -0.718. The van der Waals surface area contributed by atoms with Gasteiger partial charge in [-0.3, -0.25) is 4.79 Å². The molecule has 1 heterocycles. The summed E-state index contributed by atoms with van der Waals surface area (Å²) >= 11 is 0. The smallest absolute Gasteiger partial charge is 0.286 e. The van der Waals surface area contributed by atoms with Crippen LogP contribution in [0.3, 0.4) is 0 Å². The van der Waals surface area contributed by atoms with E-state index in [-0.39, 0.29) is 16.9 Å². The average Bonchev–Trinajstić information content (AvgIpc) is 2.47. The molecule has 0 amide bonds. The zero-order valence-corrected chi connectivity index (χ0v) is 12.3. The third kappa shape index (κ3) is 3.03. The van der Waals surface area contributed by atoms with E-state index in [4.69, 9.17) is 10.6 Å². The molecule has 0 radical (unpaired) electrons. The summed E-state index contributed by atoms with van der Waals surface area (Å²) in [5.74, 6) is -0.575. The van der Waals surface area contributed by atoms with Gasteiger partial charge in [0.15, 0.2) is 0 Å². The lowest BCUT2D eigenvalue weighted by Crippen LogP contribution is -2.20. The fraction of sp³-hybridized carbons (Fsp3) is 0.200. The number of para-hydroxylation sites is 1. The normalized spacial score (nSPS) is 11.5. The molecule has 2 rings (SSSR count). The largest absolute Gasteiger partial charge is 0.492 e. The number of oxime groups is 1. The lowest BCUT2D eigenvalue weighted by atomic mass is 10.1. The molecule has 0 aliphatic rings. The van der Waals surface area contributed by atoms with E-state index < -0.39 is 11.4 Å². The van der Waals surface area contributed by atoms with Crippen LogP contribution in [0.4, 0.5) is 5.69 Å². The Hall–Kier alpha value is -2.96.